The van der Waals surface area contributed by atoms with Crippen LogP contribution in [0.25, 0.3) is 0 Å². The van der Waals surface area contributed by atoms with Gasteiger partial charge in [0.15, 0.2) is 5.92 Å². The van der Waals surface area contributed by atoms with Gasteiger partial charge in [-0.05, 0) is 6.92 Å². The monoisotopic (exact) mass is 327 g/mol. The third-order valence-corrected chi connectivity index (χ3v) is 5.02. The minimum Gasteiger partial charge on any atom is -0.465 e. The summed E-state index contributed by atoms with van der Waals surface area (Å²) >= 11 is 0. The molecule has 0 fully saturated rings. The molecule has 0 aliphatic rings. The van der Waals surface area contributed by atoms with Crippen molar-refractivity contribution in [2.75, 3.05) is 13.2 Å². The first kappa shape index (κ1) is 17.1. The smallest absolute Gasteiger partial charge is 0.325 e. The van der Waals surface area contributed by atoms with E-state index < -0.39 is 20.0 Å². The van der Waals surface area contributed by atoms with Crippen LogP contribution in [0.5, 0.6) is 0 Å². The van der Waals surface area contributed by atoms with Crippen LogP contribution in [0.1, 0.15) is 6.92 Å². The van der Waals surface area contributed by atoms with E-state index in [0.717, 1.165) is 10.6 Å². The molecule has 0 aromatic heterocycles. The molecule has 0 heterocycles. The Morgan fingerprint density at radius 2 is 1.61 bits per heavy atom. The lowest BCUT2D eigenvalue weighted by atomic mass is 10.2. The van der Waals surface area contributed by atoms with E-state index in [-0.39, 0.29) is 13.2 Å². The number of carbonyl (C=O) groups excluding carboxylic acids is 1. The van der Waals surface area contributed by atoms with E-state index in [0.29, 0.717) is 0 Å². The number of hydrogen-bond acceptors (Lipinski definition) is 4. The maximum atomic E-state index is 11.7. The molecule has 4 nitrogen and oxygen atoms in total. The summed E-state index contributed by atoms with van der Waals surface area (Å²) in [5.74, 6) is -1.45. The molecule has 118 valence electrons. The Bertz CT molecular complexity index is 615. The average Bonchev–Trinajstić information content (AvgIpc) is 2.60. The van der Waals surface area contributed by atoms with E-state index in [4.69, 9.17) is 14.5 Å². The lowest BCUT2D eigenvalue weighted by molar-refractivity contribution is -0.146. The fraction of sp³-hybridized carbons (Fsp3) is 0.222. The molecule has 2 rings (SSSR count). The van der Waals surface area contributed by atoms with Crippen LogP contribution in [0.2, 0.25) is 0 Å². The maximum absolute atomic E-state index is 11.7. The number of ether oxygens (including phenoxy) is 1. The number of hydrogen-bond donors (Lipinski definition) is 0. The van der Waals surface area contributed by atoms with Gasteiger partial charge in [-0.2, -0.15) is 5.26 Å². The van der Waals surface area contributed by atoms with Gasteiger partial charge in [0.25, 0.3) is 0 Å². The zero-order chi connectivity index (χ0) is 16.5. The first-order valence-electron chi connectivity index (χ1n) is 7.35. The predicted octanol–water partition coefficient (Wildman–Crippen LogP) is 2.75. The summed E-state index contributed by atoms with van der Waals surface area (Å²) in [4.78, 5) is 11.7. The second-order valence-corrected chi connectivity index (χ2v) is 6.57. The van der Waals surface area contributed by atoms with Crippen molar-refractivity contribution in [1.82, 2.24) is 0 Å². The van der Waals surface area contributed by atoms with Crippen LogP contribution >= 0.6 is 8.15 Å². The Labute approximate surface area is 137 Å². The van der Waals surface area contributed by atoms with E-state index in [1.165, 1.54) is 0 Å². The van der Waals surface area contributed by atoms with Crippen molar-refractivity contribution in [3.8, 4) is 6.07 Å². The van der Waals surface area contributed by atoms with Gasteiger partial charge in [-0.15, -0.1) is 0 Å². The first-order valence-corrected chi connectivity index (χ1v) is 8.61. The van der Waals surface area contributed by atoms with Crippen molar-refractivity contribution in [2.24, 2.45) is 5.92 Å². The first-order chi connectivity index (χ1) is 11.3. The van der Waals surface area contributed by atoms with Crippen molar-refractivity contribution in [2.45, 2.75) is 6.92 Å². The third kappa shape index (κ3) is 4.89. The van der Waals surface area contributed by atoms with Crippen molar-refractivity contribution in [1.29, 1.82) is 5.26 Å². The van der Waals surface area contributed by atoms with Crippen LogP contribution in [-0.2, 0) is 14.1 Å². The topological polar surface area (TPSA) is 59.3 Å². The van der Waals surface area contributed by atoms with E-state index in [1.807, 2.05) is 66.7 Å². The number of esters is 1. The number of carbonyl (C=O) groups is 1. The summed E-state index contributed by atoms with van der Waals surface area (Å²) in [6.07, 6.45) is 0. The fourth-order valence-electron chi connectivity index (χ4n) is 1.97. The van der Waals surface area contributed by atoms with E-state index in [1.54, 1.807) is 6.92 Å². The van der Waals surface area contributed by atoms with Crippen LogP contribution in [0.15, 0.2) is 60.7 Å². The molecule has 5 heteroatoms. The lowest BCUT2D eigenvalue weighted by Crippen LogP contribution is -2.23. The molecule has 1 atom stereocenters. The summed E-state index contributed by atoms with van der Waals surface area (Å²) in [6.45, 7) is 1.99. The van der Waals surface area contributed by atoms with Gasteiger partial charge in [0.1, 0.15) is 0 Å². The Kier molecular flexibility index (Phi) is 6.75. The molecule has 0 radical (unpaired) electrons. The van der Waals surface area contributed by atoms with Crippen LogP contribution in [0.4, 0.5) is 0 Å². The predicted molar refractivity (Wildman–Crippen MR) is 90.8 cm³/mol. The number of benzene rings is 2. The average molecular weight is 327 g/mol. The zero-order valence-electron chi connectivity index (χ0n) is 12.9. The number of rotatable bonds is 7. The molecular formula is C18H18NO3P. The van der Waals surface area contributed by atoms with Gasteiger partial charge in [0, 0.05) is 10.6 Å². The Morgan fingerprint density at radius 3 is 2.04 bits per heavy atom. The molecule has 0 N–H and O–H groups in total. The van der Waals surface area contributed by atoms with E-state index in [9.17, 15) is 4.79 Å². The minimum absolute atomic E-state index is 0.0187. The second-order valence-electron chi connectivity index (χ2n) is 4.69. The SMILES string of the molecule is CCOC(=O)C(C#N)COP(c1ccccc1)c1ccccc1. The van der Waals surface area contributed by atoms with Gasteiger partial charge < -0.3 is 9.26 Å². The van der Waals surface area contributed by atoms with Crippen molar-refractivity contribution >= 4 is 24.7 Å². The summed E-state index contributed by atoms with van der Waals surface area (Å²) in [7, 11) is -1.08. The maximum Gasteiger partial charge on any atom is 0.325 e. The molecule has 0 aliphatic heterocycles. The summed E-state index contributed by atoms with van der Waals surface area (Å²) in [5, 5.41) is 11.2. The van der Waals surface area contributed by atoms with E-state index >= 15 is 0 Å². The van der Waals surface area contributed by atoms with Crippen molar-refractivity contribution in [3.63, 3.8) is 0 Å². The Morgan fingerprint density at radius 1 is 1.09 bits per heavy atom. The van der Waals surface area contributed by atoms with Crippen molar-refractivity contribution < 1.29 is 14.1 Å². The molecule has 1 unspecified atom stereocenters. The Balaban J connectivity index is 2.16. The highest BCUT2D eigenvalue weighted by Crippen LogP contribution is 2.35. The molecule has 0 aliphatic carbocycles. The normalized spacial score (nSPS) is 11.7. The standard InChI is InChI=1S/C18H18NO3P/c1-2-21-18(20)15(13-19)14-22-23(16-9-5-3-6-10-16)17-11-7-4-8-12-17/h3-12,15H,2,14H2,1H3. The summed E-state index contributed by atoms with van der Waals surface area (Å²) in [5.41, 5.74) is 0. The van der Waals surface area contributed by atoms with E-state index in [2.05, 4.69) is 0 Å². The molecule has 23 heavy (non-hydrogen) atoms. The minimum atomic E-state index is -1.08. The molecule has 0 amide bonds. The number of nitrogens with zero attached hydrogens (tertiary/aromatic N) is 1. The van der Waals surface area contributed by atoms with Crippen molar-refractivity contribution in [3.05, 3.63) is 60.7 Å². The summed E-state index contributed by atoms with van der Waals surface area (Å²) in [6, 6.07) is 21.6. The van der Waals surface area contributed by atoms with Gasteiger partial charge >= 0.3 is 5.97 Å². The van der Waals surface area contributed by atoms with Crippen LogP contribution in [-0.4, -0.2) is 19.2 Å². The largest absolute Gasteiger partial charge is 0.465 e. The Hall–Kier alpha value is -2.21. The van der Waals surface area contributed by atoms with Crippen LogP contribution in [0, 0.1) is 17.2 Å². The summed E-state index contributed by atoms with van der Waals surface area (Å²) < 4.78 is 10.9. The van der Waals surface area contributed by atoms with Crippen LogP contribution in [0.3, 0.4) is 0 Å². The molecule has 0 spiro atoms. The van der Waals surface area contributed by atoms with Gasteiger partial charge in [-0.1, -0.05) is 60.7 Å². The molecule has 2 aromatic rings. The second kappa shape index (κ2) is 9.05. The molecule has 2 aromatic carbocycles. The highest BCUT2D eigenvalue weighted by Gasteiger charge is 2.23. The fourth-order valence-corrected chi connectivity index (χ4v) is 3.76. The highest BCUT2D eigenvalue weighted by atomic mass is 31.1. The van der Waals surface area contributed by atoms with Crippen LogP contribution < -0.4 is 10.6 Å². The molecule has 0 bridgehead atoms. The van der Waals surface area contributed by atoms with Gasteiger partial charge in [0.05, 0.1) is 27.4 Å². The van der Waals surface area contributed by atoms with Gasteiger partial charge in [0.2, 0.25) is 0 Å². The quantitative estimate of drug-likeness (QED) is 0.579. The molecule has 0 saturated carbocycles. The zero-order valence-corrected chi connectivity index (χ0v) is 13.8. The van der Waals surface area contributed by atoms with Gasteiger partial charge in [-0.25, -0.2) is 0 Å². The number of nitriles is 1. The lowest BCUT2D eigenvalue weighted by Gasteiger charge is -2.19. The molecule has 0 saturated heterocycles. The highest BCUT2D eigenvalue weighted by molar-refractivity contribution is 7.68. The van der Waals surface area contributed by atoms with Gasteiger partial charge in [-0.3, -0.25) is 4.79 Å². The third-order valence-electron chi connectivity index (χ3n) is 3.08. The molecular weight excluding hydrogens is 309 g/mol.